The lowest BCUT2D eigenvalue weighted by atomic mass is 9.90. The largest absolute Gasteiger partial charge is 0.369 e. The average Bonchev–Trinajstić information content (AvgIpc) is 3.49. The van der Waals surface area contributed by atoms with E-state index >= 15 is 0 Å². The van der Waals surface area contributed by atoms with Gasteiger partial charge >= 0.3 is 0 Å². The van der Waals surface area contributed by atoms with Crippen LogP contribution >= 0.6 is 24.0 Å². The quantitative estimate of drug-likeness (QED) is 0.103. The van der Waals surface area contributed by atoms with Crippen LogP contribution in [0.3, 0.4) is 0 Å². The Morgan fingerprint density at radius 3 is 2.00 bits per heavy atom. The van der Waals surface area contributed by atoms with Crippen LogP contribution in [0.15, 0.2) is 97.3 Å². The van der Waals surface area contributed by atoms with Crippen molar-refractivity contribution >= 4 is 47.6 Å². The highest BCUT2D eigenvalue weighted by molar-refractivity contribution is 14.0. The van der Waals surface area contributed by atoms with Gasteiger partial charge in [0.2, 0.25) is 17.7 Å². The van der Waals surface area contributed by atoms with Gasteiger partial charge in [0.1, 0.15) is 6.04 Å². The Kier molecular flexibility index (Phi) is 12.4. The number of nitrogens with one attached hydrogen (secondary N) is 4. The molecule has 41 heavy (non-hydrogen) atoms. The Balaban J connectivity index is 0.00000462. The smallest absolute Gasteiger partial charge is 0.242 e. The highest BCUT2D eigenvalue weighted by Gasteiger charge is 2.27. The van der Waals surface area contributed by atoms with Gasteiger partial charge in [0.25, 0.3) is 0 Å². The molecule has 3 aromatic carbocycles. The molecular formula is C31H35IN6O3. The summed E-state index contributed by atoms with van der Waals surface area (Å²) in [6, 6.07) is 25.7. The first-order valence-corrected chi connectivity index (χ1v) is 13.3. The summed E-state index contributed by atoms with van der Waals surface area (Å²) in [5.41, 5.74) is 8.65. The number of carbonyl (C=O) groups excluding carboxylic acids is 3. The van der Waals surface area contributed by atoms with E-state index in [0.29, 0.717) is 25.3 Å². The van der Waals surface area contributed by atoms with Crippen LogP contribution in [0.1, 0.15) is 41.0 Å². The lowest BCUT2D eigenvalue weighted by Gasteiger charge is -2.23. The van der Waals surface area contributed by atoms with E-state index in [4.69, 9.17) is 5.73 Å². The van der Waals surface area contributed by atoms with Gasteiger partial charge in [0, 0.05) is 25.5 Å². The maximum atomic E-state index is 13.7. The standard InChI is InChI=1S/C31H34N6O3.HI/c32-27(38)20-22-13-15-23(16-14-22)21-36-29(39)26(12-7-17-33-31-34-18-19-35-31)37-30(40)28(24-8-3-1-4-9-24)25-10-5-2-6-11-25;/h1-6,8-11,13-16,18-19,26,28H,7,12,17,20-21H2,(H2,32,38)(H,36,39)(H,37,40)(H2,33,34,35);1H/t26-;/m1./s1. The highest BCUT2D eigenvalue weighted by atomic mass is 127. The minimum atomic E-state index is -0.741. The number of nitrogens with zero attached hydrogens (tertiary/aromatic N) is 1. The van der Waals surface area contributed by atoms with Crippen LogP contribution < -0.4 is 21.7 Å². The molecule has 4 aromatic rings. The second-order valence-corrected chi connectivity index (χ2v) is 9.50. The molecule has 0 unspecified atom stereocenters. The molecule has 6 N–H and O–H groups in total. The van der Waals surface area contributed by atoms with E-state index in [9.17, 15) is 14.4 Å². The zero-order valence-electron chi connectivity index (χ0n) is 22.6. The molecule has 0 aliphatic rings. The predicted molar refractivity (Wildman–Crippen MR) is 170 cm³/mol. The molecule has 0 aliphatic carbocycles. The van der Waals surface area contributed by atoms with Gasteiger partial charge in [-0.2, -0.15) is 0 Å². The summed E-state index contributed by atoms with van der Waals surface area (Å²) in [5, 5.41) is 9.15. The Morgan fingerprint density at radius 2 is 1.44 bits per heavy atom. The third kappa shape index (κ3) is 9.75. The summed E-state index contributed by atoms with van der Waals surface area (Å²) in [7, 11) is 0. The topological polar surface area (TPSA) is 142 Å². The van der Waals surface area contributed by atoms with E-state index in [0.717, 1.165) is 22.3 Å². The van der Waals surface area contributed by atoms with Crippen LogP contribution in [-0.2, 0) is 27.3 Å². The number of aromatic amines is 1. The first-order valence-electron chi connectivity index (χ1n) is 13.3. The number of hydrogen-bond donors (Lipinski definition) is 5. The first kappa shape index (κ1) is 31.3. The molecule has 1 aromatic heterocycles. The second kappa shape index (κ2) is 16.2. The van der Waals surface area contributed by atoms with Gasteiger partial charge in [-0.3, -0.25) is 14.4 Å². The third-order valence-corrected chi connectivity index (χ3v) is 6.49. The summed E-state index contributed by atoms with van der Waals surface area (Å²) in [5.74, 6) is -0.819. The van der Waals surface area contributed by atoms with Gasteiger partial charge in [-0.25, -0.2) is 4.98 Å². The zero-order valence-corrected chi connectivity index (χ0v) is 24.9. The maximum absolute atomic E-state index is 13.7. The molecule has 214 valence electrons. The van der Waals surface area contributed by atoms with E-state index < -0.39 is 17.9 Å². The SMILES string of the molecule is I.NC(=O)Cc1ccc(CNC(=O)[C@@H](CCCNc2ncc[nH]2)NC(=O)C(c2ccccc2)c2ccccc2)cc1. The maximum Gasteiger partial charge on any atom is 0.242 e. The summed E-state index contributed by atoms with van der Waals surface area (Å²) in [6.07, 6.45) is 4.61. The molecule has 1 atom stereocenters. The predicted octanol–water partition coefficient (Wildman–Crippen LogP) is 3.88. The van der Waals surface area contributed by atoms with E-state index in [2.05, 4.69) is 25.9 Å². The number of hydrogen-bond acceptors (Lipinski definition) is 5. The van der Waals surface area contributed by atoms with Gasteiger partial charge in [-0.05, 0) is 35.1 Å². The van der Waals surface area contributed by atoms with Crippen molar-refractivity contribution in [2.75, 3.05) is 11.9 Å². The number of benzene rings is 3. The van der Waals surface area contributed by atoms with E-state index in [-0.39, 0.29) is 48.8 Å². The summed E-state index contributed by atoms with van der Waals surface area (Å²) < 4.78 is 0. The molecule has 0 radical (unpaired) electrons. The number of primary amides is 1. The molecule has 9 nitrogen and oxygen atoms in total. The average molecular weight is 667 g/mol. The molecule has 0 spiro atoms. The molecule has 3 amide bonds. The third-order valence-electron chi connectivity index (χ3n) is 6.49. The summed E-state index contributed by atoms with van der Waals surface area (Å²) in [6.45, 7) is 0.864. The monoisotopic (exact) mass is 666 g/mol. The van der Waals surface area contributed by atoms with E-state index in [1.807, 2.05) is 84.9 Å². The van der Waals surface area contributed by atoms with Gasteiger partial charge in [0.15, 0.2) is 5.95 Å². The fraction of sp³-hybridized carbons (Fsp3) is 0.226. The number of amides is 3. The van der Waals surface area contributed by atoms with Crippen molar-refractivity contribution in [1.82, 2.24) is 20.6 Å². The number of nitrogens with two attached hydrogens (primary N) is 1. The Hall–Kier alpha value is -4.19. The second-order valence-electron chi connectivity index (χ2n) is 9.50. The summed E-state index contributed by atoms with van der Waals surface area (Å²) >= 11 is 0. The molecule has 10 heteroatoms. The molecule has 0 aliphatic heterocycles. The number of halogens is 1. The molecule has 1 heterocycles. The van der Waals surface area contributed by atoms with Crippen LogP contribution in [0, 0.1) is 0 Å². The Labute approximate surface area is 256 Å². The van der Waals surface area contributed by atoms with Gasteiger partial charge in [0.05, 0.1) is 12.3 Å². The lowest BCUT2D eigenvalue weighted by Crippen LogP contribution is -2.48. The van der Waals surface area contributed by atoms with Crippen LogP contribution in [0.25, 0.3) is 0 Å². The zero-order chi connectivity index (χ0) is 28.2. The first-order chi connectivity index (χ1) is 19.5. The van der Waals surface area contributed by atoms with Crippen molar-refractivity contribution in [2.45, 2.75) is 37.8 Å². The van der Waals surface area contributed by atoms with Gasteiger partial charge in [-0.15, -0.1) is 24.0 Å². The molecule has 0 saturated heterocycles. The van der Waals surface area contributed by atoms with Gasteiger partial charge in [-0.1, -0.05) is 84.9 Å². The number of rotatable bonds is 14. The van der Waals surface area contributed by atoms with Crippen molar-refractivity contribution < 1.29 is 14.4 Å². The number of H-pyrrole nitrogens is 1. The number of carbonyl (C=O) groups is 3. The summed E-state index contributed by atoms with van der Waals surface area (Å²) in [4.78, 5) is 45.4. The number of imidazole rings is 1. The molecule has 0 bridgehead atoms. The minimum absolute atomic E-state index is 0. The van der Waals surface area contributed by atoms with Gasteiger partial charge < -0.3 is 26.7 Å². The Bertz CT molecular complexity index is 1330. The molecular weight excluding hydrogens is 631 g/mol. The minimum Gasteiger partial charge on any atom is -0.369 e. The number of anilines is 1. The fourth-order valence-electron chi connectivity index (χ4n) is 4.47. The van der Waals surface area contributed by atoms with Crippen molar-refractivity contribution in [2.24, 2.45) is 5.73 Å². The highest BCUT2D eigenvalue weighted by Crippen LogP contribution is 2.25. The van der Waals surface area contributed by atoms with Crippen molar-refractivity contribution in [3.05, 3.63) is 120 Å². The molecule has 0 saturated carbocycles. The Morgan fingerprint density at radius 1 is 0.829 bits per heavy atom. The normalized spacial score (nSPS) is 11.2. The van der Waals surface area contributed by atoms with Crippen LogP contribution in [0.5, 0.6) is 0 Å². The van der Waals surface area contributed by atoms with Crippen LogP contribution in [0.2, 0.25) is 0 Å². The molecule has 0 fully saturated rings. The number of aromatic nitrogens is 2. The lowest BCUT2D eigenvalue weighted by molar-refractivity contribution is -0.129. The van der Waals surface area contributed by atoms with Crippen molar-refractivity contribution in [3.63, 3.8) is 0 Å². The van der Waals surface area contributed by atoms with Crippen molar-refractivity contribution in [1.29, 1.82) is 0 Å². The van der Waals surface area contributed by atoms with E-state index in [1.165, 1.54) is 0 Å². The fourth-order valence-corrected chi connectivity index (χ4v) is 4.47. The van der Waals surface area contributed by atoms with Crippen LogP contribution in [-0.4, -0.2) is 40.3 Å². The van der Waals surface area contributed by atoms with Crippen molar-refractivity contribution in [3.8, 4) is 0 Å². The van der Waals surface area contributed by atoms with Crippen LogP contribution in [0.4, 0.5) is 5.95 Å². The molecule has 4 rings (SSSR count). The van der Waals surface area contributed by atoms with E-state index in [1.54, 1.807) is 12.4 Å².